The minimum atomic E-state index is -4.62. The van der Waals surface area contributed by atoms with Crippen molar-refractivity contribution in [2.45, 2.75) is 38.1 Å². The number of amides is 3. The molecule has 4 heterocycles. The molecule has 0 saturated carbocycles. The van der Waals surface area contributed by atoms with Gasteiger partial charge in [-0.15, -0.1) is 0 Å². The zero-order valence-electron chi connectivity index (χ0n) is 16.1. The van der Waals surface area contributed by atoms with E-state index in [1.807, 2.05) is 4.90 Å². The van der Waals surface area contributed by atoms with E-state index in [0.29, 0.717) is 56.9 Å². The summed E-state index contributed by atoms with van der Waals surface area (Å²) in [4.78, 5) is 32.4. The molecule has 0 radical (unpaired) electrons. The van der Waals surface area contributed by atoms with Gasteiger partial charge in [0.25, 0.3) is 5.91 Å². The molecule has 0 N–H and O–H groups in total. The number of urea groups is 1. The van der Waals surface area contributed by atoms with Crippen molar-refractivity contribution < 1.29 is 27.5 Å². The number of imide groups is 1. The molecule has 0 aromatic carbocycles. The van der Waals surface area contributed by atoms with Gasteiger partial charge < -0.3 is 14.5 Å². The normalized spacial score (nSPS) is 20.5. The predicted octanol–water partition coefficient (Wildman–Crippen LogP) is 1.82. The van der Waals surface area contributed by atoms with Crippen molar-refractivity contribution in [1.82, 2.24) is 14.8 Å². The van der Waals surface area contributed by atoms with Crippen LogP contribution in [0.25, 0.3) is 0 Å². The molecule has 1 aromatic rings. The highest BCUT2D eigenvalue weighted by molar-refractivity contribution is 6.02. The highest BCUT2D eigenvalue weighted by Gasteiger charge is 2.45. The lowest BCUT2D eigenvalue weighted by Crippen LogP contribution is -2.47. The van der Waals surface area contributed by atoms with Crippen LogP contribution in [0.5, 0.6) is 0 Å². The van der Waals surface area contributed by atoms with Gasteiger partial charge in [-0.05, 0) is 18.9 Å². The molecule has 3 amide bonds. The number of fused-ring (bicyclic) bond motifs is 1. The van der Waals surface area contributed by atoms with Crippen LogP contribution in [0.4, 0.5) is 23.8 Å². The number of aromatic nitrogens is 1. The summed E-state index contributed by atoms with van der Waals surface area (Å²) < 4.78 is 43.3. The number of hydrogen-bond acceptors (Lipinski definition) is 6. The Balaban J connectivity index is 1.44. The smallest absolute Gasteiger partial charge is 0.376 e. The van der Waals surface area contributed by atoms with E-state index in [1.165, 1.54) is 4.90 Å². The fourth-order valence-corrected chi connectivity index (χ4v) is 4.17. The quantitative estimate of drug-likeness (QED) is 0.689. The van der Waals surface area contributed by atoms with Crippen molar-refractivity contribution in [3.8, 4) is 6.07 Å². The first-order valence-electron chi connectivity index (χ1n) is 9.70. The summed E-state index contributed by atoms with van der Waals surface area (Å²) in [5.41, 5.74) is 2.25. The zero-order chi connectivity index (χ0) is 21.5. The van der Waals surface area contributed by atoms with E-state index in [9.17, 15) is 28.0 Å². The van der Waals surface area contributed by atoms with Crippen molar-refractivity contribution in [1.29, 1.82) is 5.26 Å². The van der Waals surface area contributed by atoms with Crippen LogP contribution >= 0.6 is 0 Å². The molecule has 0 aliphatic carbocycles. The van der Waals surface area contributed by atoms with Gasteiger partial charge in [0.2, 0.25) is 0 Å². The van der Waals surface area contributed by atoms with Crippen molar-refractivity contribution >= 4 is 17.8 Å². The Kier molecular flexibility index (Phi) is 5.27. The van der Waals surface area contributed by atoms with Crippen LogP contribution in [-0.2, 0) is 22.6 Å². The fourth-order valence-electron chi connectivity index (χ4n) is 4.17. The Hall–Kier alpha value is -2.87. The van der Waals surface area contributed by atoms with E-state index in [-0.39, 0.29) is 17.5 Å². The molecule has 2 fully saturated rings. The molecule has 1 aromatic heterocycles. The maximum absolute atomic E-state index is 12.6. The number of anilines is 1. The first-order chi connectivity index (χ1) is 14.3. The number of halogens is 3. The minimum absolute atomic E-state index is 0.271. The molecule has 8 nitrogen and oxygen atoms in total. The van der Waals surface area contributed by atoms with Crippen LogP contribution in [0.3, 0.4) is 0 Å². The SMILES string of the molecule is N#Cc1cc2c(nc1N1CCC(N3CC(=O)N(CC(F)(F)F)C3=O)CC1)CCOC2. The van der Waals surface area contributed by atoms with Gasteiger partial charge in [0.05, 0.1) is 24.5 Å². The Morgan fingerprint density at radius 3 is 2.67 bits per heavy atom. The second kappa shape index (κ2) is 7.75. The summed E-state index contributed by atoms with van der Waals surface area (Å²) in [7, 11) is 0. The Morgan fingerprint density at radius 1 is 1.27 bits per heavy atom. The molecular weight excluding hydrogens is 403 g/mol. The van der Waals surface area contributed by atoms with E-state index in [2.05, 4.69) is 11.1 Å². The molecule has 30 heavy (non-hydrogen) atoms. The standard InChI is InChI=1S/C19H20F3N5O3/c20-19(21,22)11-27-16(28)9-26(18(27)29)14-1-4-25(5-2-14)17-12(8-23)7-13-10-30-6-3-15(13)24-17/h7,14H,1-6,9-11H2. The van der Waals surface area contributed by atoms with Gasteiger partial charge >= 0.3 is 12.2 Å². The summed E-state index contributed by atoms with van der Waals surface area (Å²) in [5, 5.41) is 9.52. The van der Waals surface area contributed by atoms with E-state index in [0.717, 1.165) is 11.3 Å². The third-order valence-corrected chi connectivity index (χ3v) is 5.66. The Bertz CT molecular complexity index is 906. The monoisotopic (exact) mass is 423 g/mol. The third kappa shape index (κ3) is 3.92. The van der Waals surface area contributed by atoms with Crippen LogP contribution in [-0.4, -0.2) is 71.7 Å². The van der Waals surface area contributed by atoms with E-state index in [4.69, 9.17) is 4.74 Å². The zero-order valence-corrected chi connectivity index (χ0v) is 16.1. The third-order valence-electron chi connectivity index (χ3n) is 5.66. The summed E-state index contributed by atoms with van der Waals surface area (Å²) in [6.45, 7) is 0.0814. The Morgan fingerprint density at radius 2 is 2.00 bits per heavy atom. The lowest BCUT2D eigenvalue weighted by molar-refractivity contribution is -0.151. The second-order valence-electron chi connectivity index (χ2n) is 7.60. The minimum Gasteiger partial charge on any atom is -0.376 e. The van der Waals surface area contributed by atoms with Crippen LogP contribution in [0, 0.1) is 11.3 Å². The van der Waals surface area contributed by atoms with Crippen LogP contribution in [0.15, 0.2) is 6.07 Å². The number of nitriles is 1. The first-order valence-corrected chi connectivity index (χ1v) is 9.70. The molecule has 0 atom stereocenters. The molecule has 3 aliphatic rings. The van der Waals surface area contributed by atoms with Gasteiger partial charge in [-0.3, -0.25) is 9.69 Å². The number of rotatable bonds is 3. The summed E-state index contributed by atoms with van der Waals surface area (Å²) in [6, 6.07) is 2.74. The molecule has 0 unspecified atom stereocenters. The number of pyridine rings is 1. The largest absolute Gasteiger partial charge is 0.406 e. The number of piperidine rings is 1. The summed E-state index contributed by atoms with van der Waals surface area (Å²) in [6.07, 6.45) is -3.00. The highest BCUT2D eigenvalue weighted by atomic mass is 19.4. The molecular formula is C19H20F3N5O3. The lowest BCUT2D eigenvalue weighted by Gasteiger charge is -2.37. The van der Waals surface area contributed by atoms with E-state index in [1.54, 1.807) is 6.07 Å². The number of carbonyl (C=O) groups is 2. The number of ether oxygens (including phenoxy) is 1. The molecule has 160 valence electrons. The molecule has 2 saturated heterocycles. The van der Waals surface area contributed by atoms with Crippen LogP contribution in [0.2, 0.25) is 0 Å². The van der Waals surface area contributed by atoms with E-state index < -0.39 is 24.7 Å². The summed E-state index contributed by atoms with van der Waals surface area (Å²) >= 11 is 0. The lowest BCUT2D eigenvalue weighted by atomic mass is 10.0. The van der Waals surface area contributed by atoms with Crippen molar-refractivity contribution in [3.05, 3.63) is 22.9 Å². The average molecular weight is 423 g/mol. The van der Waals surface area contributed by atoms with Crippen LogP contribution < -0.4 is 4.90 Å². The average Bonchev–Trinajstić information content (AvgIpc) is 3.00. The Labute approximate surface area is 170 Å². The highest BCUT2D eigenvalue weighted by Crippen LogP contribution is 2.29. The summed E-state index contributed by atoms with van der Waals surface area (Å²) in [5.74, 6) is -0.246. The number of carbonyl (C=O) groups excluding carboxylic acids is 2. The number of hydrogen-bond donors (Lipinski definition) is 0. The van der Waals surface area contributed by atoms with Gasteiger partial charge in [-0.25, -0.2) is 9.78 Å². The van der Waals surface area contributed by atoms with Crippen molar-refractivity contribution in [2.24, 2.45) is 0 Å². The van der Waals surface area contributed by atoms with Gasteiger partial charge in [0, 0.05) is 31.1 Å². The first kappa shape index (κ1) is 20.4. The van der Waals surface area contributed by atoms with Gasteiger partial charge in [-0.1, -0.05) is 0 Å². The van der Waals surface area contributed by atoms with Gasteiger partial charge in [0.1, 0.15) is 25.0 Å². The van der Waals surface area contributed by atoms with E-state index >= 15 is 0 Å². The van der Waals surface area contributed by atoms with Crippen LogP contribution in [0.1, 0.15) is 29.7 Å². The maximum Gasteiger partial charge on any atom is 0.406 e. The second-order valence-corrected chi connectivity index (χ2v) is 7.60. The molecule has 0 bridgehead atoms. The predicted molar refractivity (Wildman–Crippen MR) is 97.4 cm³/mol. The molecule has 3 aliphatic heterocycles. The maximum atomic E-state index is 12.6. The fraction of sp³-hybridized carbons (Fsp3) is 0.579. The van der Waals surface area contributed by atoms with Crippen molar-refractivity contribution in [2.75, 3.05) is 37.7 Å². The van der Waals surface area contributed by atoms with Gasteiger partial charge in [-0.2, -0.15) is 18.4 Å². The molecule has 11 heteroatoms. The van der Waals surface area contributed by atoms with Crippen molar-refractivity contribution in [3.63, 3.8) is 0 Å². The number of nitrogens with zero attached hydrogens (tertiary/aromatic N) is 5. The molecule has 4 rings (SSSR count). The topological polar surface area (TPSA) is 89.8 Å². The molecule has 0 spiro atoms. The van der Waals surface area contributed by atoms with Gasteiger partial charge in [0.15, 0.2) is 0 Å². The number of alkyl halides is 3.